The lowest BCUT2D eigenvalue weighted by molar-refractivity contribution is -0.113. The standard InChI is InChI=1S/C5H5NO2S/c7-5-1-3-6-9(8)4-2-5/h1,3-4H,2H2. The highest BCUT2D eigenvalue weighted by atomic mass is 32.2. The molecule has 0 amide bonds. The lowest BCUT2D eigenvalue weighted by Gasteiger charge is -1.76. The molecule has 0 bridgehead atoms. The molecule has 1 heterocycles. The fourth-order valence-corrected chi connectivity index (χ4v) is 1.01. The van der Waals surface area contributed by atoms with Crippen molar-refractivity contribution in [2.75, 3.05) is 0 Å². The van der Waals surface area contributed by atoms with Crippen LogP contribution in [0.25, 0.3) is 0 Å². The van der Waals surface area contributed by atoms with Gasteiger partial charge in [-0.15, -0.1) is 0 Å². The molecular formula is C5H5NO2S. The monoisotopic (exact) mass is 143 g/mol. The summed E-state index contributed by atoms with van der Waals surface area (Å²) in [4.78, 5) is 10.5. The Morgan fingerprint density at radius 3 is 3.22 bits per heavy atom. The van der Waals surface area contributed by atoms with Gasteiger partial charge < -0.3 is 0 Å². The molecule has 0 radical (unpaired) electrons. The molecule has 0 aromatic carbocycles. The lowest BCUT2D eigenvalue weighted by atomic mass is 10.3. The van der Waals surface area contributed by atoms with E-state index in [-0.39, 0.29) is 12.2 Å². The van der Waals surface area contributed by atoms with Crippen LogP contribution in [-0.4, -0.2) is 15.4 Å². The molecule has 4 heteroatoms. The second-order valence-electron chi connectivity index (χ2n) is 1.53. The maximum Gasteiger partial charge on any atom is 0.161 e. The lowest BCUT2D eigenvalue weighted by Crippen LogP contribution is -1.90. The summed E-state index contributed by atoms with van der Waals surface area (Å²) in [6.45, 7) is 0. The van der Waals surface area contributed by atoms with Crippen molar-refractivity contribution in [3.63, 3.8) is 0 Å². The number of rotatable bonds is 0. The Morgan fingerprint density at radius 1 is 1.67 bits per heavy atom. The van der Waals surface area contributed by atoms with Crippen LogP contribution in [-0.2, 0) is 15.0 Å². The fourth-order valence-electron chi connectivity index (χ4n) is 0.438. The predicted octanol–water partition coefficient (Wildman–Crippen LogP) is 0.207. The summed E-state index contributed by atoms with van der Waals surface area (Å²) in [6.07, 6.45) is 2.83. The maximum atomic E-state index is 10.5. The van der Waals surface area contributed by atoms with Crippen molar-refractivity contribution in [1.82, 2.24) is 0 Å². The molecule has 0 atom stereocenters. The Hall–Kier alpha value is -0.900. The van der Waals surface area contributed by atoms with Gasteiger partial charge in [0.15, 0.2) is 5.78 Å². The summed E-state index contributed by atoms with van der Waals surface area (Å²) in [5, 5.41) is 1.38. The third-order valence-corrected chi connectivity index (χ3v) is 1.63. The van der Waals surface area contributed by atoms with Gasteiger partial charge in [-0.25, -0.2) is 4.21 Å². The summed E-state index contributed by atoms with van der Waals surface area (Å²) in [7, 11) is -1.29. The molecule has 0 aromatic heterocycles. The first kappa shape index (κ1) is 6.22. The Kier molecular flexibility index (Phi) is 1.79. The molecule has 1 rings (SSSR count). The van der Waals surface area contributed by atoms with Crippen molar-refractivity contribution in [3.05, 3.63) is 12.3 Å². The summed E-state index contributed by atoms with van der Waals surface area (Å²) >= 11 is 0. The minimum atomic E-state index is -1.29. The first-order valence-electron chi connectivity index (χ1n) is 2.43. The maximum absolute atomic E-state index is 10.5. The van der Waals surface area contributed by atoms with Crippen molar-refractivity contribution in [2.45, 2.75) is 6.42 Å². The third kappa shape index (κ3) is 1.81. The number of carbonyl (C=O) groups is 1. The molecule has 0 aliphatic carbocycles. The largest absolute Gasteiger partial charge is 0.294 e. The number of carbonyl (C=O) groups excluding carboxylic acids is 1. The van der Waals surface area contributed by atoms with E-state index in [9.17, 15) is 9.00 Å². The molecule has 0 fully saturated rings. The van der Waals surface area contributed by atoms with Gasteiger partial charge in [0, 0.05) is 24.1 Å². The average molecular weight is 143 g/mol. The molecule has 9 heavy (non-hydrogen) atoms. The molecule has 48 valence electrons. The van der Waals surface area contributed by atoms with E-state index in [4.69, 9.17) is 0 Å². The van der Waals surface area contributed by atoms with Crippen molar-refractivity contribution >= 4 is 21.3 Å². The van der Waals surface area contributed by atoms with Gasteiger partial charge in [0.1, 0.15) is 0 Å². The second kappa shape index (κ2) is 2.59. The highest BCUT2D eigenvalue weighted by Gasteiger charge is 1.93. The molecule has 1 aliphatic heterocycles. The third-order valence-electron chi connectivity index (χ3n) is 0.852. The zero-order chi connectivity index (χ0) is 6.69. The Morgan fingerprint density at radius 2 is 2.44 bits per heavy atom. The van der Waals surface area contributed by atoms with Crippen molar-refractivity contribution in [2.24, 2.45) is 4.36 Å². The topological polar surface area (TPSA) is 46.5 Å². The minimum absolute atomic E-state index is 0.0513. The number of hydrogen-bond acceptors (Lipinski definition) is 3. The van der Waals surface area contributed by atoms with E-state index < -0.39 is 10.2 Å². The van der Waals surface area contributed by atoms with Crippen LogP contribution >= 0.6 is 0 Å². The zero-order valence-electron chi connectivity index (χ0n) is 4.61. The Labute approximate surface area is 54.2 Å². The van der Waals surface area contributed by atoms with Gasteiger partial charge in [0.2, 0.25) is 0 Å². The summed E-state index contributed by atoms with van der Waals surface area (Å²) in [5.41, 5.74) is 0. The van der Waals surface area contributed by atoms with Crippen LogP contribution in [0, 0.1) is 0 Å². The van der Waals surface area contributed by atoms with Crippen LogP contribution in [0.2, 0.25) is 0 Å². The molecule has 1 aliphatic rings. The minimum Gasteiger partial charge on any atom is -0.294 e. The highest BCUT2D eigenvalue weighted by Crippen LogP contribution is 1.86. The molecular weight excluding hydrogens is 138 g/mol. The normalized spacial score (nSPS) is 18.2. The van der Waals surface area contributed by atoms with E-state index in [0.717, 1.165) is 0 Å². The number of hydrogen-bond donors (Lipinski definition) is 0. The molecule has 3 nitrogen and oxygen atoms in total. The van der Waals surface area contributed by atoms with Crippen molar-refractivity contribution < 1.29 is 9.00 Å². The van der Waals surface area contributed by atoms with Crippen LogP contribution in [0.4, 0.5) is 0 Å². The van der Waals surface area contributed by atoms with Gasteiger partial charge in [0.05, 0.1) is 10.2 Å². The van der Waals surface area contributed by atoms with E-state index in [1.807, 2.05) is 0 Å². The van der Waals surface area contributed by atoms with Gasteiger partial charge >= 0.3 is 0 Å². The Balaban J connectivity index is 3.05. The zero-order valence-corrected chi connectivity index (χ0v) is 5.43. The van der Waals surface area contributed by atoms with Crippen LogP contribution in [0.3, 0.4) is 0 Å². The van der Waals surface area contributed by atoms with Gasteiger partial charge in [-0.3, -0.25) is 4.79 Å². The first-order valence-corrected chi connectivity index (χ1v) is 3.60. The summed E-state index contributed by atoms with van der Waals surface area (Å²) < 4.78 is 14.0. The summed E-state index contributed by atoms with van der Waals surface area (Å²) in [6, 6.07) is 0. The average Bonchev–Trinajstić information content (AvgIpc) is 1.97. The van der Waals surface area contributed by atoms with Gasteiger partial charge in [-0.05, 0) is 0 Å². The van der Waals surface area contributed by atoms with Crippen LogP contribution in [0.5, 0.6) is 0 Å². The van der Waals surface area contributed by atoms with Crippen LogP contribution in [0.15, 0.2) is 16.6 Å². The predicted molar refractivity (Wildman–Crippen MR) is 35.4 cm³/mol. The quantitative estimate of drug-likeness (QED) is 0.455. The Bertz CT molecular complexity index is 286. The molecule has 0 unspecified atom stereocenters. The molecule has 0 saturated carbocycles. The smallest absolute Gasteiger partial charge is 0.161 e. The second-order valence-corrected chi connectivity index (χ2v) is 2.63. The van der Waals surface area contributed by atoms with E-state index in [1.165, 1.54) is 17.6 Å². The summed E-state index contributed by atoms with van der Waals surface area (Å²) in [5.74, 6) is -0.0513. The number of ketones is 1. The number of nitrogens with zero attached hydrogens (tertiary/aromatic N) is 1. The van der Waals surface area contributed by atoms with Crippen molar-refractivity contribution in [3.8, 4) is 0 Å². The highest BCUT2D eigenvalue weighted by molar-refractivity contribution is 7.73. The van der Waals surface area contributed by atoms with Crippen LogP contribution < -0.4 is 0 Å². The van der Waals surface area contributed by atoms with Crippen molar-refractivity contribution in [1.29, 1.82) is 0 Å². The number of allylic oxidation sites excluding steroid dienone is 1. The van der Waals surface area contributed by atoms with E-state index in [0.29, 0.717) is 0 Å². The van der Waals surface area contributed by atoms with Crippen LogP contribution in [0.1, 0.15) is 6.42 Å². The fraction of sp³-hybridized carbons (Fsp3) is 0.200. The molecule has 0 N–H and O–H groups in total. The van der Waals surface area contributed by atoms with Gasteiger partial charge in [0.25, 0.3) is 0 Å². The van der Waals surface area contributed by atoms with E-state index >= 15 is 0 Å². The van der Waals surface area contributed by atoms with Gasteiger partial charge in [-0.2, -0.15) is 4.36 Å². The first-order chi connectivity index (χ1) is 4.29. The van der Waals surface area contributed by atoms with E-state index in [2.05, 4.69) is 4.36 Å². The molecule has 0 spiro atoms. The SMILES string of the molecule is O=C1C=CN=S(=O)=CC1. The molecule has 0 saturated heterocycles. The molecule has 0 aromatic rings. The van der Waals surface area contributed by atoms with E-state index in [1.54, 1.807) is 0 Å². The van der Waals surface area contributed by atoms with Gasteiger partial charge in [-0.1, -0.05) is 0 Å².